The highest BCUT2D eigenvalue weighted by Crippen LogP contribution is 2.68. The van der Waals surface area contributed by atoms with Crippen LogP contribution in [0.5, 0.6) is 0 Å². The third kappa shape index (κ3) is 14.5. The van der Waals surface area contributed by atoms with Gasteiger partial charge in [0.25, 0.3) is 0 Å². The number of amides is 2. The minimum atomic E-state index is -1.77. The summed E-state index contributed by atoms with van der Waals surface area (Å²) in [6, 6.07) is -0.523. The quantitative estimate of drug-likeness (QED) is 0.0391. The lowest BCUT2D eigenvalue weighted by molar-refractivity contribution is -0.202. The second-order valence-electron chi connectivity index (χ2n) is 20.2. The first-order chi connectivity index (χ1) is 30.0. The standard InChI is InChI=1S/C45H79N5O14/c1-27(9-12-38(55)56)31-10-11-32-43-33(20-35(52)45(31,32)4)44(3)14-13-30(18-29(44)19-34(43)51)47-36(53)8-6-5-7-15-46-37(54)22-48(16-17-49(23-39(57)58)24-40(59)60)21-28(2)50(25-41(61)62)26-42(63)64/h27-35,41-43,51-52,61-64H,5-26H2,1-4H3,(H,46,54)(H,47,53)(H,55,56)(H,57,58)(H,59,60)/t27?,28?,29?,30?,31-,32?,33?,34?,35?,43?,44+,45-/m1/s1. The summed E-state index contributed by atoms with van der Waals surface area (Å²) in [5, 5.41) is 95.7. The molecular weight excluding hydrogens is 835 g/mol. The maximum Gasteiger partial charge on any atom is 0.317 e. The summed E-state index contributed by atoms with van der Waals surface area (Å²) in [6.07, 6.45) is 4.07. The first-order valence-corrected chi connectivity index (χ1v) is 23.5. The molecule has 64 heavy (non-hydrogen) atoms. The summed E-state index contributed by atoms with van der Waals surface area (Å²) >= 11 is 0. The molecule has 12 atom stereocenters. The number of nitrogens with zero attached hydrogens (tertiary/aromatic N) is 3. The summed E-state index contributed by atoms with van der Waals surface area (Å²) in [6.45, 7) is 7.06. The summed E-state index contributed by atoms with van der Waals surface area (Å²) < 4.78 is 0. The smallest absolute Gasteiger partial charge is 0.317 e. The number of nitrogens with one attached hydrogen (secondary N) is 2. The highest BCUT2D eigenvalue weighted by atomic mass is 16.5. The van der Waals surface area contributed by atoms with Crippen molar-refractivity contribution in [2.24, 2.45) is 46.3 Å². The zero-order valence-electron chi connectivity index (χ0n) is 38.4. The topological polar surface area (TPSA) is 301 Å². The normalized spacial score (nSPS) is 31.1. The predicted molar refractivity (Wildman–Crippen MR) is 233 cm³/mol. The largest absolute Gasteiger partial charge is 0.481 e. The van der Waals surface area contributed by atoms with E-state index < -0.39 is 61.8 Å². The van der Waals surface area contributed by atoms with Crippen LogP contribution in [0, 0.1) is 46.3 Å². The Bertz CT molecular complexity index is 1530. The molecule has 4 fully saturated rings. The number of hydrogen-bond donors (Lipinski definition) is 11. The first-order valence-electron chi connectivity index (χ1n) is 23.5. The van der Waals surface area contributed by atoms with Crippen LogP contribution in [0.15, 0.2) is 0 Å². The molecule has 11 N–H and O–H groups in total. The van der Waals surface area contributed by atoms with Crippen LogP contribution in [0.2, 0.25) is 0 Å². The average Bonchev–Trinajstić information content (AvgIpc) is 3.55. The molecule has 2 amide bonds. The number of unbranched alkanes of at least 4 members (excludes halogenated alkanes) is 2. The van der Waals surface area contributed by atoms with E-state index in [0.717, 1.165) is 32.1 Å². The van der Waals surface area contributed by atoms with Crippen molar-refractivity contribution in [2.45, 2.75) is 148 Å². The molecule has 0 bridgehead atoms. The summed E-state index contributed by atoms with van der Waals surface area (Å²) in [7, 11) is 0. The van der Waals surface area contributed by atoms with E-state index in [0.29, 0.717) is 51.5 Å². The van der Waals surface area contributed by atoms with E-state index in [1.54, 1.807) is 11.8 Å². The molecule has 19 nitrogen and oxygen atoms in total. The van der Waals surface area contributed by atoms with E-state index in [9.17, 15) is 69.9 Å². The third-order valence-electron chi connectivity index (χ3n) is 15.9. The highest BCUT2D eigenvalue weighted by molar-refractivity contribution is 5.78. The Morgan fingerprint density at radius 2 is 1.34 bits per heavy atom. The number of fused-ring (bicyclic) bond motifs is 5. The minimum absolute atomic E-state index is 0.000516. The van der Waals surface area contributed by atoms with Gasteiger partial charge < -0.3 is 56.6 Å². The lowest BCUT2D eigenvalue weighted by atomic mass is 9.43. The third-order valence-corrected chi connectivity index (χ3v) is 15.9. The van der Waals surface area contributed by atoms with Gasteiger partial charge in [0.05, 0.1) is 31.8 Å². The van der Waals surface area contributed by atoms with Gasteiger partial charge in [0, 0.05) is 64.2 Å². The summed E-state index contributed by atoms with van der Waals surface area (Å²) in [5.41, 5.74) is -0.417. The Balaban J connectivity index is 1.22. The number of hydrogen-bond acceptors (Lipinski definition) is 14. The van der Waals surface area contributed by atoms with Crippen LogP contribution in [0.1, 0.15) is 111 Å². The van der Waals surface area contributed by atoms with Crippen molar-refractivity contribution >= 4 is 29.7 Å². The van der Waals surface area contributed by atoms with Gasteiger partial charge in [0.15, 0.2) is 12.6 Å². The monoisotopic (exact) mass is 914 g/mol. The van der Waals surface area contributed by atoms with Gasteiger partial charge in [-0.1, -0.05) is 27.2 Å². The molecule has 0 spiro atoms. The van der Waals surface area contributed by atoms with Gasteiger partial charge in [-0.2, -0.15) is 0 Å². The molecule has 0 heterocycles. The molecular formula is C45H79N5O14. The van der Waals surface area contributed by atoms with Gasteiger partial charge in [0.1, 0.15) is 0 Å². The maximum absolute atomic E-state index is 13.1. The molecule has 0 aromatic heterocycles. The van der Waals surface area contributed by atoms with Gasteiger partial charge in [-0.25, -0.2) is 0 Å². The van der Waals surface area contributed by atoms with Gasteiger partial charge in [0.2, 0.25) is 11.8 Å². The van der Waals surface area contributed by atoms with Crippen molar-refractivity contribution in [2.75, 3.05) is 58.9 Å². The molecule has 9 unspecified atom stereocenters. The molecule has 4 rings (SSSR count). The SMILES string of the molecule is CC(CCC(=O)O)[C@H]1CCC2C3C(O)CC4CC(NC(=O)CCCCCNC(=O)CN(CCN(CC(=O)O)CC(=O)O)CC(C)N(CC(O)O)CC(O)O)CC[C@]4(C)C3CC(O)[C@@]21C. The molecule has 368 valence electrons. The number of carboxylic acids is 3. The second kappa shape index (κ2) is 24.1. The van der Waals surface area contributed by atoms with Crippen molar-refractivity contribution in [3.63, 3.8) is 0 Å². The molecule has 0 aliphatic heterocycles. The Labute approximate surface area is 377 Å². The van der Waals surface area contributed by atoms with Gasteiger partial charge in [-0.05, 0) is 117 Å². The molecule has 0 aromatic carbocycles. The van der Waals surface area contributed by atoms with E-state index >= 15 is 0 Å². The molecule has 19 heteroatoms. The molecule has 0 saturated heterocycles. The van der Waals surface area contributed by atoms with Crippen molar-refractivity contribution < 1.29 is 69.9 Å². The first kappa shape index (κ1) is 53.6. The number of carboxylic acid groups (broad SMARTS) is 3. The number of aliphatic carboxylic acids is 3. The fraction of sp³-hybridized carbons (Fsp3) is 0.889. The van der Waals surface area contributed by atoms with Crippen LogP contribution >= 0.6 is 0 Å². The second-order valence-corrected chi connectivity index (χ2v) is 20.2. The predicted octanol–water partition coefficient (Wildman–Crippen LogP) is 0.334. The lowest BCUT2D eigenvalue weighted by Gasteiger charge is -2.63. The maximum atomic E-state index is 13.1. The van der Waals surface area contributed by atoms with Crippen LogP contribution in [0.4, 0.5) is 0 Å². The molecule has 0 aromatic rings. The zero-order valence-corrected chi connectivity index (χ0v) is 38.4. The number of aliphatic hydroxyl groups is 6. The highest BCUT2D eigenvalue weighted by Gasteiger charge is 2.65. The van der Waals surface area contributed by atoms with Crippen LogP contribution < -0.4 is 10.6 Å². The van der Waals surface area contributed by atoms with E-state index in [1.807, 2.05) is 0 Å². The van der Waals surface area contributed by atoms with Crippen LogP contribution in [-0.4, -0.2) is 186 Å². The van der Waals surface area contributed by atoms with Crippen LogP contribution in [-0.2, 0) is 24.0 Å². The van der Waals surface area contributed by atoms with Crippen molar-refractivity contribution in [1.29, 1.82) is 0 Å². The van der Waals surface area contributed by atoms with Crippen LogP contribution in [0.3, 0.4) is 0 Å². The van der Waals surface area contributed by atoms with Crippen molar-refractivity contribution in [3.05, 3.63) is 0 Å². The van der Waals surface area contributed by atoms with Gasteiger partial charge in [-0.3, -0.25) is 38.7 Å². The van der Waals surface area contributed by atoms with E-state index in [1.165, 1.54) is 9.80 Å². The number of rotatable bonds is 27. The molecule has 0 radical (unpaired) electrons. The van der Waals surface area contributed by atoms with Crippen molar-refractivity contribution in [1.82, 2.24) is 25.3 Å². The Kier molecular flexibility index (Phi) is 20.2. The summed E-state index contributed by atoms with van der Waals surface area (Å²) in [4.78, 5) is 64.5. The number of carbonyl (C=O) groups is 5. The Morgan fingerprint density at radius 3 is 1.95 bits per heavy atom. The van der Waals surface area contributed by atoms with Gasteiger partial charge in [-0.15, -0.1) is 0 Å². The van der Waals surface area contributed by atoms with Crippen LogP contribution in [0.25, 0.3) is 0 Å². The molecule has 4 saturated carbocycles. The van der Waals surface area contributed by atoms with E-state index in [-0.39, 0.29) is 110 Å². The van der Waals surface area contributed by atoms with E-state index in [4.69, 9.17) is 0 Å². The Morgan fingerprint density at radius 1 is 0.703 bits per heavy atom. The Hall–Kier alpha value is -3.01. The minimum Gasteiger partial charge on any atom is -0.481 e. The van der Waals surface area contributed by atoms with E-state index in [2.05, 4.69) is 31.4 Å². The van der Waals surface area contributed by atoms with Crippen molar-refractivity contribution in [3.8, 4) is 0 Å². The number of carbonyl (C=O) groups excluding carboxylic acids is 2. The molecule has 4 aliphatic carbocycles. The molecule has 4 aliphatic rings. The lowest BCUT2D eigenvalue weighted by Crippen LogP contribution is -2.63. The fourth-order valence-corrected chi connectivity index (χ4v) is 12.7. The average molecular weight is 914 g/mol. The zero-order chi connectivity index (χ0) is 47.5. The fourth-order valence-electron chi connectivity index (χ4n) is 12.7. The number of aliphatic hydroxyl groups excluding tert-OH is 4. The van der Waals surface area contributed by atoms with Gasteiger partial charge >= 0.3 is 17.9 Å². The summed E-state index contributed by atoms with van der Waals surface area (Å²) in [5.74, 6) is -2.57.